The van der Waals surface area contributed by atoms with E-state index in [9.17, 15) is 18.0 Å². The minimum Gasteiger partial charge on any atom is -0.476 e. The number of carbonyl (C=O) groups is 1. The van der Waals surface area contributed by atoms with Crippen LogP contribution in [0.1, 0.15) is 10.5 Å². The highest BCUT2D eigenvalue weighted by Gasteiger charge is 2.21. The van der Waals surface area contributed by atoms with Crippen molar-refractivity contribution in [1.29, 1.82) is 0 Å². The first kappa shape index (κ1) is 14.8. The van der Waals surface area contributed by atoms with Gasteiger partial charge in [0.25, 0.3) is 5.88 Å². The largest absolute Gasteiger partial charge is 0.476 e. The second-order valence-corrected chi connectivity index (χ2v) is 4.45. The number of hydrogen-bond donors (Lipinski definition) is 1. The van der Waals surface area contributed by atoms with Gasteiger partial charge in [-0.2, -0.15) is 4.39 Å². The zero-order valence-corrected chi connectivity index (χ0v) is 11.3. The van der Waals surface area contributed by atoms with Crippen LogP contribution in [0.25, 0.3) is 11.0 Å². The maximum atomic E-state index is 13.7. The van der Waals surface area contributed by atoms with Gasteiger partial charge >= 0.3 is 5.97 Å². The standard InChI is InChI=1S/C15H7F3N2O3/c16-7-5-6-10(12(18)11(7)17)23-14-13(15(21)22)19-8-3-1-2-4-9(8)20-14/h1-6H,(H,21,22). The van der Waals surface area contributed by atoms with Gasteiger partial charge in [-0.15, -0.1) is 0 Å². The van der Waals surface area contributed by atoms with Crippen LogP contribution in [-0.2, 0) is 0 Å². The molecule has 0 aliphatic carbocycles. The summed E-state index contributed by atoms with van der Waals surface area (Å²) in [6.07, 6.45) is 0. The highest BCUT2D eigenvalue weighted by atomic mass is 19.2. The summed E-state index contributed by atoms with van der Waals surface area (Å²) in [6.45, 7) is 0. The molecule has 3 aromatic rings. The fourth-order valence-electron chi connectivity index (χ4n) is 1.89. The number of aromatic nitrogens is 2. The number of nitrogens with zero attached hydrogens (tertiary/aromatic N) is 2. The summed E-state index contributed by atoms with van der Waals surface area (Å²) in [5, 5.41) is 9.16. The highest BCUT2D eigenvalue weighted by molar-refractivity contribution is 5.91. The molecule has 0 amide bonds. The van der Waals surface area contributed by atoms with E-state index in [1.54, 1.807) is 18.2 Å². The fourth-order valence-corrected chi connectivity index (χ4v) is 1.89. The van der Waals surface area contributed by atoms with Gasteiger partial charge in [-0.25, -0.2) is 23.5 Å². The Bertz CT molecular complexity index is 931. The molecule has 0 radical (unpaired) electrons. The van der Waals surface area contributed by atoms with Gasteiger partial charge in [-0.1, -0.05) is 12.1 Å². The first-order chi connectivity index (χ1) is 11.0. The number of benzene rings is 2. The summed E-state index contributed by atoms with van der Waals surface area (Å²) < 4.78 is 44.8. The Morgan fingerprint density at radius 2 is 1.61 bits per heavy atom. The Kier molecular flexibility index (Phi) is 3.57. The Morgan fingerprint density at radius 1 is 0.957 bits per heavy atom. The molecule has 1 heterocycles. The molecule has 23 heavy (non-hydrogen) atoms. The van der Waals surface area contributed by atoms with Crippen molar-refractivity contribution in [3.05, 3.63) is 59.5 Å². The van der Waals surface area contributed by atoms with Gasteiger partial charge in [0.05, 0.1) is 11.0 Å². The van der Waals surface area contributed by atoms with E-state index in [4.69, 9.17) is 9.84 Å². The van der Waals surface area contributed by atoms with Crippen molar-refractivity contribution in [1.82, 2.24) is 9.97 Å². The predicted molar refractivity (Wildman–Crippen MR) is 72.9 cm³/mol. The molecule has 0 bridgehead atoms. The zero-order valence-electron chi connectivity index (χ0n) is 11.3. The maximum absolute atomic E-state index is 13.7. The van der Waals surface area contributed by atoms with Crippen LogP contribution in [0.15, 0.2) is 36.4 Å². The Morgan fingerprint density at radius 3 is 2.26 bits per heavy atom. The van der Waals surface area contributed by atoms with Crippen LogP contribution in [-0.4, -0.2) is 21.0 Å². The third-order valence-electron chi connectivity index (χ3n) is 2.95. The molecule has 0 saturated heterocycles. The van der Waals surface area contributed by atoms with Crippen molar-refractivity contribution < 1.29 is 27.8 Å². The molecule has 0 fully saturated rings. The molecule has 1 aromatic heterocycles. The van der Waals surface area contributed by atoms with Crippen LogP contribution in [0, 0.1) is 17.5 Å². The summed E-state index contributed by atoms with van der Waals surface area (Å²) in [5.74, 6) is -7.39. The molecule has 116 valence electrons. The Labute approximate surface area is 127 Å². The van der Waals surface area contributed by atoms with Crippen molar-refractivity contribution >= 4 is 17.0 Å². The van der Waals surface area contributed by atoms with Crippen LogP contribution in [0.4, 0.5) is 13.2 Å². The molecule has 0 aliphatic heterocycles. The van der Waals surface area contributed by atoms with Crippen LogP contribution in [0.3, 0.4) is 0 Å². The molecule has 1 N–H and O–H groups in total. The lowest BCUT2D eigenvalue weighted by Gasteiger charge is -2.09. The number of halogens is 3. The van der Waals surface area contributed by atoms with E-state index in [0.717, 1.165) is 6.07 Å². The molecule has 8 heteroatoms. The molecule has 0 unspecified atom stereocenters. The molecule has 2 aromatic carbocycles. The summed E-state index contributed by atoms with van der Waals surface area (Å²) in [4.78, 5) is 19.1. The van der Waals surface area contributed by atoms with Gasteiger partial charge in [-0.05, 0) is 24.3 Å². The molecule has 5 nitrogen and oxygen atoms in total. The van der Waals surface area contributed by atoms with Crippen LogP contribution >= 0.6 is 0 Å². The lowest BCUT2D eigenvalue weighted by molar-refractivity contribution is 0.0687. The Balaban J connectivity index is 2.14. The van der Waals surface area contributed by atoms with Crippen molar-refractivity contribution in [2.75, 3.05) is 0 Å². The van der Waals surface area contributed by atoms with E-state index in [-0.39, 0.29) is 0 Å². The SMILES string of the molecule is O=C(O)c1nc2ccccc2nc1Oc1ccc(F)c(F)c1F. The molecule has 0 saturated carbocycles. The maximum Gasteiger partial charge on any atom is 0.360 e. The van der Waals surface area contributed by atoms with Crippen molar-refractivity contribution in [3.8, 4) is 11.6 Å². The van der Waals surface area contributed by atoms with E-state index < -0.39 is 40.7 Å². The van der Waals surface area contributed by atoms with Gasteiger partial charge in [0.1, 0.15) is 0 Å². The summed E-state index contributed by atoms with van der Waals surface area (Å²) in [7, 11) is 0. The van der Waals surface area contributed by atoms with E-state index in [1.807, 2.05) is 0 Å². The van der Waals surface area contributed by atoms with Crippen LogP contribution < -0.4 is 4.74 Å². The number of ether oxygens (including phenoxy) is 1. The topological polar surface area (TPSA) is 72.3 Å². The molecule has 3 rings (SSSR count). The van der Waals surface area contributed by atoms with Gasteiger partial charge in [0.2, 0.25) is 11.5 Å². The average molecular weight is 320 g/mol. The van der Waals surface area contributed by atoms with Crippen LogP contribution in [0.2, 0.25) is 0 Å². The third kappa shape index (κ3) is 2.66. The first-order valence-corrected chi connectivity index (χ1v) is 6.29. The number of para-hydroxylation sites is 2. The average Bonchev–Trinajstić information content (AvgIpc) is 2.54. The monoisotopic (exact) mass is 320 g/mol. The number of carboxylic acid groups (broad SMARTS) is 1. The van der Waals surface area contributed by atoms with E-state index >= 15 is 0 Å². The fraction of sp³-hybridized carbons (Fsp3) is 0. The van der Waals surface area contributed by atoms with E-state index in [2.05, 4.69) is 9.97 Å². The van der Waals surface area contributed by atoms with Gasteiger partial charge in [-0.3, -0.25) is 0 Å². The second kappa shape index (κ2) is 5.56. The molecule has 0 spiro atoms. The van der Waals surface area contributed by atoms with Gasteiger partial charge in [0.15, 0.2) is 17.4 Å². The van der Waals surface area contributed by atoms with Crippen molar-refractivity contribution in [2.24, 2.45) is 0 Å². The quantitative estimate of drug-likeness (QED) is 0.747. The number of fused-ring (bicyclic) bond motifs is 1. The number of aromatic carboxylic acids is 1. The lowest BCUT2D eigenvalue weighted by Crippen LogP contribution is -2.07. The normalized spacial score (nSPS) is 10.7. The first-order valence-electron chi connectivity index (χ1n) is 6.29. The number of carboxylic acids is 1. The third-order valence-corrected chi connectivity index (χ3v) is 2.95. The lowest BCUT2D eigenvalue weighted by atomic mass is 10.3. The molecular formula is C15H7F3N2O3. The van der Waals surface area contributed by atoms with Gasteiger partial charge in [0, 0.05) is 0 Å². The van der Waals surface area contributed by atoms with Crippen molar-refractivity contribution in [3.63, 3.8) is 0 Å². The molecular weight excluding hydrogens is 313 g/mol. The molecule has 0 aliphatic rings. The Hall–Kier alpha value is -3.16. The number of rotatable bonds is 3. The smallest absolute Gasteiger partial charge is 0.360 e. The minimum atomic E-state index is -1.73. The van der Waals surface area contributed by atoms with Gasteiger partial charge < -0.3 is 9.84 Å². The summed E-state index contributed by atoms with van der Waals surface area (Å²) in [5.41, 5.74) is 0.0198. The van der Waals surface area contributed by atoms with E-state index in [1.165, 1.54) is 6.07 Å². The summed E-state index contributed by atoms with van der Waals surface area (Å²) in [6, 6.07) is 7.84. The zero-order chi connectivity index (χ0) is 16.6. The predicted octanol–water partition coefficient (Wildman–Crippen LogP) is 3.54. The summed E-state index contributed by atoms with van der Waals surface area (Å²) >= 11 is 0. The second-order valence-electron chi connectivity index (χ2n) is 4.45. The highest BCUT2D eigenvalue weighted by Crippen LogP contribution is 2.29. The van der Waals surface area contributed by atoms with Crippen LogP contribution in [0.5, 0.6) is 11.6 Å². The van der Waals surface area contributed by atoms with Crippen molar-refractivity contribution in [2.45, 2.75) is 0 Å². The molecule has 0 atom stereocenters. The van der Waals surface area contributed by atoms with E-state index in [0.29, 0.717) is 17.1 Å². The number of hydrogen-bond acceptors (Lipinski definition) is 4. The minimum absolute atomic E-state index is 0.294.